The summed E-state index contributed by atoms with van der Waals surface area (Å²) in [6.45, 7) is 8.41. The van der Waals surface area contributed by atoms with Crippen molar-refractivity contribution in [1.82, 2.24) is 0 Å². The minimum absolute atomic E-state index is 0.0568. The third-order valence-electron chi connectivity index (χ3n) is 4.89. The highest BCUT2D eigenvalue weighted by atomic mass is 16.3. The minimum atomic E-state index is -0.264. The quantitative estimate of drug-likeness (QED) is 0.781. The maximum absolute atomic E-state index is 11.9. The SMILES string of the molecule is CCC1C(=O)CC[C@@]1(CC)[C@@H](C)[C@H](O)CC. The lowest BCUT2D eigenvalue weighted by atomic mass is 9.64. The van der Waals surface area contributed by atoms with Gasteiger partial charge in [0.1, 0.15) is 5.78 Å². The molecule has 1 rings (SSSR count). The zero-order chi connectivity index (χ0) is 12.3. The number of carbonyl (C=O) groups excluding carboxylic acids is 1. The van der Waals surface area contributed by atoms with Crippen molar-refractivity contribution >= 4 is 5.78 Å². The molecule has 16 heavy (non-hydrogen) atoms. The summed E-state index contributed by atoms with van der Waals surface area (Å²) < 4.78 is 0. The van der Waals surface area contributed by atoms with Gasteiger partial charge >= 0.3 is 0 Å². The van der Waals surface area contributed by atoms with Crippen molar-refractivity contribution in [2.75, 3.05) is 0 Å². The normalized spacial score (nSPS) is 34.1. The van der Waals surface area contributed by atoms with E-state index in [9.17, 15) is 9.90 Å². The molecule has 2 nitrogen and oxygen atoms in total. The molecule has 0 spiro atoms. The molecule has 2 heteroatoms. The Morgan fingerprint density at radius 3 is 2.50 bits per heavy atom. The number of aliphatic hydroxyl groups is 1. The Hall–Kier alpha value is -0.370. The van der Waals surface area contributed by atoms with Crippen LogP contribution in [0.15, 0.2) is 0 Å². The molecule has 0 aromatic rings. The average molecular weight is 226 g/mol. The van der Waals surface area contributed by atoms with Gasteiger partial charge in [-0.3, -0.25) is 4.79 Å². The van der Waals surface area contributed by atoms with E-state index in [0.717, 1.165) is 25.7 Å². The molecule has 0 aliphatic heterocycles. The molecule has 4 atom stereocenters. The fraction of sp³-hybridized carbons (Fsp3) is 0.929. The Balaban J connectivity index is 2.96. The summed E-state index contributed by atoms with van der Waals surface area (Å²) in [7, 11) is 0. The topological polar surface area (TPSA) is 37.3 Å². The van der Waals surface area contributed by atoms with Gasteiger partial charge in [-0.05, 0) is 37.0 Å². The predicted octanol–water partition coefficient (Wildman–Crippen LogP) is 3.18. The first-order valence-corrected chi connectivity index (χ1v) is 6.74. The van der Waals surface area contributed by atoms with Gasteiger partial charge in [-0.1, -0.05) is 27.7 Å². The van der Waals surface area contributed by atoms with Gasteiger partial charge in [0.05, 0.1) is 6.10 Å². The van der Waals surface area contributed by atoms with E-state index in [-0.39, 0.29) is 23.4 Å². The summed E-state index contributed by atoms with van der Waals surface area (Å²) in [6.07, 6.45) is 4.14. The first kappa shape index (κ1) is 13.7. The van der Waals surface area contributed by atoms with E-state index < -0.39 is 0 Å². The number of carbonyl (C=O) groups is 1. The Morgan fingerprint density at radius 2 is 2.06 bits per heavy atom. The van der Waals surface area contributed by atoms with Gasteiger partial charge in [0.15, 0.2) is 0 Å². The summed E-state index contributed by atoms with van der Waals surface area (Å²) >= 11 is 0. The van der Waals surface area contributed by atoms with Crippen LogP contribution in [0.25, 0.3) is 0 Å². The molecule has 0 bridgehead atoms. The number of Topliss-reactive ketones (excluding diaryl/α,β-unsaturated/α-hetero) is 1. The van der Waals surface area contributed by atoms with Crippen LogP contribution in [0, 0.1) is 17.3 Å². The van der Waals surface area contributed by atoms with E-state index >= 15 is 0 Å². The van der Waals surface area contributed by atoms with Crippen LogP contribution in [0.2, 0.25) is 0 Å². The largest absolute Gasteiger partial charge is 0.393 e. The number of hydrogen-bond acceptors (Lipinski definition) is 2. The fourth-order valence-corrected chi connectivity index (χ4v) is 3.69. The third-order valence-corrected chi connectivity index (χ3v) is 4.89. The number of aliphatic hydroxyl groups excluding tert-OH is 1. The molecule has 1 fully saturated rings. The molecule has 1 N–H and O–H groups in total. The van der Waals surface area contributed by atoms with E-state index in [4.69, 9.17) is 0 Å². The molecule has 1 aliphatic carbocycles. The minimum Gasteiger partial charge on any atom is -0.393 e. The van der Waals surface area contributed by atoms with Gasteiger partial charge < -0.3 is 5.11 Å². The van der Waals surface area contributed by atoms with Crippen LogP contribution in [0.3, 0.4) is 0 Å². The van der Waals surface area contributed by atoms with E-state index in [2.05, 4.69) is 20.8 Å². The van der Waals surface area contributed by atoms with Gasteiger partial charge in [-0.25, -0.2) is 0 Å². The molecule has 1 aliphatic rings. The van der Waals surface area contributed by atoms with Gasteiger partial charge in [0.2, 0.25) is 0 Å². The summed E-state index contributed by atoms with van der Waals surface area (Å²) in [5.41, 5.74) is 0.0568. The second kappa shape index (κ2) is 5.31. The number of ketones is 1. The van der Waals surface area contributed by atoms with Gasteiger partial charge in [-0.2, -0.15) is 0 Å². The maximum atomic E-state index is 11.9. The highest BCUT2D eigenvalue weighted by Gasteiger charge is 2.50. The van der Waals surface area contributed by atoms with Crippen molar-refractivity contribution < 1.29 is 9.90 Å². The highest BCUT2D eigenvalue weighted by Crippen LogP contribution is 2.52. The van der Waals surface area contributed by atoms with E-state index in [1.165, 1.54) is 0 Å². The van der Waals surface area contributed by atoms with Crippen molar-refractivity contribution in [1.29, 1.82) is 0 Å². The highest BCUT2D eigenvalue weighted by molar-refractivity contribution is 5.84. The Bertz CT molecular complexity index is 249. The second-order valence-electron chi connectivity index (χ2n) is 5.28. The molecule has 0 aromatic heterocycles. The Kier molecular flexibility index (Phi) is 4.54. The first-order chi connectivity index (χ1) is 7.53. The van der Waals surface area contributed by atoms with Crippen molar-refractivity contribution in [3.05, 3.63) is 0 Å². The molecular formula is C14H26O2. The van der Waals surface area contributed by atoms with Crippen LogP contribution in [-0.4, -0.2) is 17.0 Å². The van der Waals surface area contributed by atoms with Gasteiger partial charge in [-0.15, -0.1) is 0 Å². The molecule has 1 unspecified atom stereocenters. The standard InChI is InChI=1S/C14H26O2/c1-5-11-13(16)8-9-14(11,7-3)10(4)12(15)6-2/h10-12,15H,5-9H2,1-4H3/t10-,11?,12+,14-/m0/s1. The average Bonchev–Trinajstić information content (AvgIpc) is 2.64. The summed E-state index contributed by atoms with van der Waals surface area (Å²) in [4.78, 5) is 11.9. The van der Waals surface area contributed by atoms with Gasteiger partial charge in [0.25, 0.3) is 0 Å². The lowest BCUT2D eigenvalue weighted by molar-refractivity contribution is -0.124. The predicted molar refractivity (Wildman–Crippen MR) is 66.2 cm³/mol. The van der Waals surface area contributed by atoms with Crippen molar-refractivity contribution in [3.63, 3.8) is 0 Å². The third kappa shape index (κ3) is 2.04. The van der Waals surface area contributed by atoms with Crippen LogP contribution in [-0.2, 0) is 4.79 Å². The van der Waals surface area contributed by atoms with Crippen molar-refractivity contribution in [3.8, 4) is 0 Å². The summed E-state index contributed by atoms with van der Waals surface area (Å²) in [5, 5.41) is 10.1. The van der Waals surface area contributed by atoms with E-state index in [1.807, 2.05) is 6.92 Å². The van der Waals surface area contributed by atoms with Crippen LogP contribution >= 0.6 is 0 Å². The van der Waals surface area contributed by atoms with Crippen LogP contribution < -0.4 is 0 Å². The molecule has 0 radical (unpaired) electrons. The summed E-state index contributed by atoms with van der Waals surface area (Å²) in [5.74, 6) is 0.826. The van der Waals surface area contributed by atoms with Crippen LogP contribution in [0.5, 0.6) is 0 Å². The van der Waals surface area contributed by atoms with Crippen LogP contribution in [0.1, 0.15) is 59.8 Å². The lowest BCUT2D eigenvalue weighted by Gasteiger charge is -2.41. The molecule has 0 heterocycles. The smallest absolute Gasteiger partial charge is 0.136 e. The molecule has 0 aromatic carbocycles. The number of hydrogen-bond donors (Lipinski definition) is 1. The molecule has 0 amide bonds. The van der Waals surface area contributed by atoms with Gasteiger partial charge in [0, 0.05) is 12.3 Å². The second-order valence-corrected chi connectivity index (χ2v) is 5.28. The zero-order valence-electron chi connectivity index (χ0n) is 11.1. The van der Waals surface area contributed by atoms with Crippen molar-refractivity contribution in [2.45, 2.75) is 65.9 Å². The first-order valence-electron chi connectivity index (χ1n) is 6.74. The summed E-state index contributed by atoms with van der Waals surface area (Å²) in [6, 6.07) is 0. The maximum Gasteiger partial charge on any atom is 0.136 e. The molecule has 0 saturated heterocycles. The monoisotopic (exact) mass is 226 g/mol. The Morgan fingerprint density at radius 1 is 1.44 bits per heavy atom. The molecular weight excluding hydrogens is 200 g/mol. The molecule has 94 valence electrons. The van der Waals surface area contributed by atoms with E-state index in [0.29, 0.717) is 12.2 Å². The van der Waals surface area contributed by atoms with Crippen LogP contribution in [0.4, 0.5) is 0 Å². The fourth-order valence-electron chi connectivity index (χ4n) is 3.69. The lowest BCUT2D eigenvalue weighted by Crippen LogP contribution is -2.40. The molecule has 1 saturated carbocycles. The number of rotatable bonds is 5. The van der Waals surface area contributed by atoms with Crippen molar-refractivity contribution in [2.24, 2.45) is 17.3 Å². The Labute approximate surface area is 99.4 Å². The van der Waals surface area contributed by atoms with E-state index in [1.54, 1.807) is 0 Å². The zero-order valence-corrected chi connectivity index (χ0v) is 11.1.